The molecule has 0 fully saturated rings. The van der Waals surface area contributed by atoms with E-state index < -0.39 is 21.5 Å². The summed E-state index contributed by atoms with van der Waals surface area (Å²) in [6, 6.07) is 6.57. The summed E-state index contributed by atoms with van der Waals surface area (Å²) in [6.07, 6.45) is -0.280. The standard InChI is InChI=1S/C12H17NO4S/c1-9-6-4-5-7-10(9)18(16,17)13-12(2,3)8-11(14)15/h4-7,13H,8H2,1-3H3,(H,14,15). The quantitative estimate of drug-likeness (QED) is 0.850. The lowest BCUT2D eigenvalue weighted by molar-refractivity contribution is -0.138. The van der Waals surface area contributed by atoms with Crippen LogP contribution in [-0.4, -0.2) is 25.0 Å². The predicted molar refractivity (Wildman–Crippen MR) is 67.8 cm³/mol. The first-order valence-electron chi connectivity index (χ1n) is 5.45. The van der Waals surface area contributed by atoms with Crippen molar-refractivity contribution in [2.45, 2.75) is 37.6 Å². The largest absolute Gasteiger partial charge is 0.481 e. The highest BCUT2D eigenvalue weighted by Gasteiger charge is 2.29. The second-order valence-corrected chi connectivity index (χ2v) is 6.48. The molecule has 0 unspecified atom stereocenters. The van der Waals surface area contributed by atoms with Crippen molar-refractivity contribution >= 4 is 16.0 Å². The van der Waals surface area contributed by atoms with E-state index in [1.807, 2.05) is 0 Å². The van der Waals surface area contributed by atoms with Crippen LogP contribution >= 0.6 is 0 Å². The van der Waals surface area contributed by atoms with Crippen LogP contribution in [-0.2, 0) is 14.8 Å². The van der Waals surface area contributed by atoms with E-state index in [1.165, 1.54) is 19.9 Å². The van der Waals surface area contributed by atoms with Crippen molar-refractivity contribution < 1.29 is 18.3 Å². The minimum atomic E-state index is -3.71. The van der Waals surface area contributed by atoms with Gasteiger partial charge in [0, 0.05) is 5.54 Å². The number of aliphatic carboxylic acids is 1. The van der Waals surface area contributed by atoms with Gasteiger partial charge in [-0.2, -0.15) is 0 Å². The topological polar surface area (TPSA) is 83.5 Å². The molecule has 2 N–H and O–H groups in total. The molecule has 1 aromatic rings. The predicted octanol–water partition coefficient (Wildman–Crippen LogP) is 1.53. The van der Waals surface area contributed by atoms with Gasteiger partial charge in [0.25, 0.3) is 0 Å². The van der Waals surface area contributed by atoms with Crippen molar-refractivity contribution in [1.82, 2.24) is 4.72 Å². The van der Waals surface area contributed by atoms with Crippen molar-refractivity contribution in [2.75, 3.05) is 0 Å². The van der Waals surface area contributed by atoms with Crippen LogP contribution in [0.2, 0.25) is 0 Å². The molecular formula is C12H17NO4S. The molecule has 1 aromatic carbocycles. The van der Waals surface area contributed by atoms with Crippen LogP contribution in [0.1, 0.15) is 25.8 Å². The number of rotatable bonds is 5. The van der Waals surface area contributed by atoms with Crippen LogP contribution in [0, 0.1) is 6.92 Å². The zero-order valence-electron chi connectivity index (χ0n) is 10.6. The molecule has 0 atom stereocenters. The number of hydrogen-bond acceptors (Lipinski definition) is 3. The lowest BCUT2D eigenvalue weighted by Crippen LogP contribution is -2.44. The Morgan fingerprint density at radius 2 is 1.89 bits per heavy atom. The molecule has 0 aliphatic heterocycles. The monoisotopic (exact) mass is 271 g/mol. The summed E-state index contributed by atoms with van der Waals surface area (Å²) >= 11 is 0. The number of carbonyl (C=O) groups is 1. The third kappa shape index (κ3) is 3.82. The van der Waals surface area contributed by atoms with Crippen LogP contribution in [0.4, 0.5) is 0 Å². The van der Waals surface area contributed by atoms with Gasteiger partial charge in [-0.05, 0) is 32.4 Å². The summed E-state index contributed by atoms with van der Waals surface area (Å²) in [7, 11) is -3.71. The summed E-state index contributed by atoms with van der Waals surface area (Å²) in [5.41, 5.74) is -0.413. The van der Waals surface area contributed by atoms with E-state index in [4.69, 9.17) is 5.11 Å². The number of benzene rings is 1. The third-order valence-corrected chi connectivity index (χ3v) is 4.25. The molecule has 6 heteroatoms. The lowest BCUT2D eigenvalue weighted by atomic mass is 10.0. The lowest BCUT2D eigenvalue weighted by Gasteiger charge is -2.24. The number of sulfonamides is 1. The van der Waals surface area contributed by atoms with E-state index in [0.717, 1.165) is 0 Å². The molecule has 0 aromatic heterocycles. The van der Waals surface area contributed by atoms with Crippen molar-refractivity contribution in [3.8, 4) is 0 Å². The fraction of sp³-hybridized carbons (Fsp3) is 0.417. The molecule has 0 bridgehead atoms. The molecule has 0 spiro atoms. The second-order valence-electron chi connectivity index (χ2n) is 4.83. The van der Waals surface area contributed by atoms with Gasteiger partial charge in [-0.1, -0.05) is 18.2 Å². The van der Waals surface area contributed by atoms with Crippen LogP contribution in [0.3, 0.4) is 0 Å². The first-order valence-corrected chi connectivity index (χ1v) is 6.94. The Labute approximate surface area is 107 Å². The van der Waals surface area contributed by atoms with Crippen LogP contribution in [0.5, 0.6) is 0 Å². The first-order chi connectivity index (χ1) is 8.14. The highest BCUT2D eigenvalue weighted by atomic mass is 32.2. The van der Waals surface area contributed by atoms with Crippen molar-refractivity contribution in [2.24, 2.45) is 0 Å². The molecule has 18 heavy (non-hydrogen) atoms. The van der Waals surface area contributed by atoms with E-state index in [9.17, 15) is 13.2 Å². The highest BCUT2D eigenvalue weighted by Crippen LogP contribution is 2.18. The molecule has 1 rings (SSSR count). The van der Waals surface area contributed by atoms with E-state index >= 15 is 0 Å². The average Bonchev–Trinajstić information content (AvgIpc) is 2.13. The van der Waals surface area contributed by atoms with Crippen molar-refractivity contribution in [1.29, 1.82) is 0 Å². The Hall–Kier alpha value is -1.40. The van der Waals surface area contributed by atoms with Gasteiger partial charge >= 0.3 is 5.97 Å². The van der Waals surface area contributed by atoms with Gasteiger partial charge in [0.1, 0.15) is 0 Å². The Morgan fingerprint density at radius 3 is 2.39 bits per heavy atom. The Kier molecular flexibility index (Phi) is 4.13. The van der Waals surface area contributed by atoms with Gasteiger partial charge in [0.05, 0.1) is 11.3 Å². The summed E-state index contributed by atoms with van der Waals surface area (Å²) in [5.74, 6) is -1.05. The number of hydrogen-bond donors (Lipinski definition) is 2. The van der Waals surface area contributed by atoms with E-state index in [0.29, 0.717) is 5.56 Å². The van der Waals surface area contributed by atoms with Gasteiger partial charge in [0.15, 0.2) is 0 Å². The second kappa shape index (κ2) is 5.07. The molecule has 0 saturated heterocycles. The third-order valence-electron chi connectivity index (χ3n) is 2.39. The maximum atomic E-state index is 12.1. The minimum Gasteiger partial charge on any atom is -0.481 e. The SMILES string of the molecule is Cc1ccccc1S(=O)(=O)NC(C)(C)CC(=O)O. The Bertz CT molecular complexity index is 549. The van der Waals surface area contributed by atoms with Crippen molar-refractivity contribution in [3.63, 3.8) is 0 Å². The number of carboxylic acid groups (broad SMARTS) is 1. The number of carboxylic acids is 1. The van der Waals surface area contributed by atoms with Gasteiger partial charge in [-0.25, -0.2) is 13.1 Å². The van der Waals surface area contributed by atoms with Gasteiger partial charge < -0.3 is 5.11 Å². The molecule has 5 nitrogen and oxygen atoms in total. The van der Waals surface area contributed by atoms with Gasteiger partial charge in [-0.3, -0.25) is 4.79 Å². The van der Waals surface area contributed by atoms with E-state index in [2.05, 4.69) is 4.72 Å². The van der Waals surface area contributed by atoms with Crippen LogP contribution < -0.4 is 4.72 Å². The maximum Gasteiger partial charge on any atom is 0.305 e. The van der Waals surface area contributed by atoms with Gasteiger partial charge in [-0.15, -0.1) is 0 Å². The molecule has 100 valence electrons. The van der Waals surface area contributed by atoms with Crippen molar-refractivity contribution in [3.05, 3.63) is 29.8 Å². The molecule has 0 radical (unpaired) electrons. The van der Waals surface area contributed by atoms with E-state index in [-0.39, 0.29) is 11.3 Å². The molecule has 0 amide bonds. The molecule has 0 aliphatic carbocycles. The summed E-state index contributed by atoms with van der Waals surface area (Å²) < 4.78 is 26.7. The summed E-state index contributed by atoms with van der Waals surface area (Å²) in [6.45, 7) is 4.77. The Morgan fingerprint density at radius 1 is 1.33 bits per heavy atom. The van der Waals surface area contributed by atoms with Crippen LogP contribution in [0.25, 0.3) is 0 Å². The molecular weight excluding hydrogens is 254 g/mol. The molecule has 0 aliphatic rings. The maximum absolute atomic E-state index is 12.1. The van der Waals surface area contributed by atoms with Gasteiger partial charge in [0.2, 0.25) is 10.0 Å². The fourth-order valence-electron chi connectivity index (χ4n) is 1.69. The van der Waals surface area contributed by atoms with E-state index in [1.54, 1.807) is 25.1 Å². The minimum absolute atomic E-state index is 0.170. The average molecular weight is 271 g/mol. The highest BCUT2D eigenvalue weighted by molar-refractivity contribution is 7.89. The molecule has 0 saturated carbocycles. The summed E-state index contributed by atoms with van der Waals surface area (Å²) in [5, 5.41) is 8.74. The number of aryl methyl sites for hydroxylation is 1. The molecule has 0 heterocycles. The Balaban J connectivity index is 3.03. The smallest absolute Gasteiger partial charge is 0.305 e. The first kappa shape index (κ1) is 14.7. The zero-order chi connectivity index (χ0) is 14.0. The zero-order valence-corrected chi connectivity index (χ0v) is 11.4. The normalized spacial score (nSPS) is 12.4. The fourth-order valence-corrected chi connectivity index (χ4v) is 3.35. The number of nitrogens with one attached hydrogen (secondary N) is 1. The van der Waals surface area contributed by atoms with Crippen LogP contribution in [0.15, 0.2) is 29.2 Å². The summed E-state index contributed by atoms with van der Waals surface area (Å²) in [4.78, 5) is 10.8.